The Morgan fingerprint density at radius 3 is 1.87 bits per heavy atom. The zero-order valence-electron chi connectivity index (χ0n) is 21.7. The van der Waals surface area contributed by atoms with E-state index in [4.69, 9.17) is 0 Å². The SMILES string of the molecule is CN(c1ccccc1-c1ccccc1)c1ccc(-c2ccccc2)cc1-c1cccc2c1sc1ccccc12. The summed E-state index contributed by atoms with van der Waals surface area (Å²) < 4.78 is 2.65. The van der Waals surface area contributed by atoms with Gasteiger partial charge in [0.05, 0.1) is 0 Å². The fraction of sp³-hybridized carbons (Fsp3) is 0.0270. The van der Waals surface area contributed by atoms with Crippen molar-refractivity contribution in [3.63, 3.8) is 0 Å². The van der Waals surface area contributed by atoms with Crippen molar-refractivity contribution >= 4 is 42.9 Å². The van der Waals surface area contributed by atoms with Gasteiger partial charge in [-0.15, -0.1) is 11.3 Å². The second-order valence-corrected chi connectivity index (χ2v) is 10.9. The average Bonchev–Trinajstić information content (AvgIpc) is 3.40. The first-order valence-electron chi connectivity index (χ1n) is 13.3. The van der Waals surface area contributed by atoms with Crippen molar-refractivity contribution in [3.05, 3.63) is 146 Å². The zero-order valence-corrected chi connectivity index (χ0v) is 22.5. The molecule has 0 aliphatic heterocycles. The van der Waals surface area contributed by atoms with Crippen LogP contribution in [0.1, 0.15) is 0 Å². The van der Waals surface area contributed by atoms with Crippen LogP contribution in [-0.2, 0) is 0 Å². The third-order valence-corrected chi connectivity index (χ3v) is 8.73. The molecule has 186 valence electrons. The van der Waals surface area contributed by atoms with Crippen LogP contribution < -0.4 is 4.90 Å². The van der Waals surface area contributed by atoms with Crippen molar-refractivity contribution in [2.75, 3.05) is 11.9 Å². The fourth-order valence-corrected chi connectivity index (χ4v) is 6.80. The predicted molar refractivity (Wildman–Crippen MR) is 170 cm³/mol. The number of fused-ring (bicyclic) bond motifs is 3. The predicted octanol–water partition coefficient (Wildman–Crippen LogP) is 10.8. The van der Waals surface area contributed by atoms with E-state index in [1.165, 1.54) is 64.9 Å². The first-order chi connectivity index (χ1) is 19.3. The molecule has 6 aromatic carbocycles. The highest BCUT2D eigenvalue weighted by molar-refractivity contribution is 7.26. The molecule has 0 radical (unpaired) electrons. The van der Waals surface area contributed by atoms with Crippen LogP contribution in [0.25, 0.3) is 53.6 Å². The average molecular weight is 518 g/mol. The first-order valence-corrected chi connectivity index (χ1v) is 14.1. The minimum Gasteiger partial charge on any atom is -0.344 e. The maximum absolute atomic E-state index is 2.37. The van der Waals surface area contributed by atoms with Gasteiger partial charge in [-0.2, -0.15) is 0 Å². The molecule has 1 nitrogen and oxygen atoms in total. The molecule has 0 bridgehead atoms. The maximum Gasteiger partial charge on any atom is 0.0488 e. The van der Waals surface area contributed by atoms with Gasteiger partial charge in [0.2, 0.25) is 0 Å². The van der Waals surface area contributed by atoms with Crippen LogP contribution in [-0.4, -0.2) is 7.05 Å². The molecule has 0 amide bonds. The van der Waals surface area contributed by atoms with Crippen LogP contribution in [0, 0.1) is 0 Å². The van der Waals surface area contributed by atoms with Gasteiger partial charge in [0.25, 0.3) is 0 Å². The lowest BCUT2D eigenvalue weighted by Crippen LogP contribution is -2.12. The highest BCUT2D eigenvalue weighted by atomic mass is 32.1. The van der Waals surface area contributed by atoms with Crippen molar-refractivity contribution in [3.8, 4) is 33.4 Å². The van der Waals surface area contributed by atoms with E-state index >= 15 is 0 Å². The van der Waals surface area contributed by atoms with Gasteiger partial charge >= 0.3 is 0 Å². The van der Waals surface area contributed by atoms with Crippen LogP contribution in [0.3, 0.4) is 0 Å². The van der Waals surface area contributed by atoms with Crippen molar-refractivity contribution in [1.82, 2.24) is 0 Å². The number of benzene rings is 6. The third-order valence-electron chi connectivity index (χ3n) is 7.51. The summed E-state index contributed by atoms with van der Waals surface area (Å²) in [6, 6.07) is 52.4. The summed E-state index contributed by atoms with van der Waals surface area (Å²) in [6.07, 6.45) is 0. The van der Waals surface area contributed by atoms with Crippen LogP contribution in [0.4, 0.5) is 11.4 Å². The Kier molecular flexibility index (Phi) is 5.96. The van der Waals surface area contributed by atoms with E-state index < -0.39 is 0 Å². The van der Waals surface area contributed by atoms with Gasteiger partial charge in [-0.05, 0) is 41.0 Å². The molecule has 0 saturated carbocycles. The Labute approximate surface area is 233 Å². The summed E-state index contributed by atoms with van der Waals surface area (Å²) in [4.78, 5) is 2.35. The van der Waals surface area contributed by atoms with E-state index in [1.807, 2.05) is 11.3 Å². The van der Waals surface area contributed by atoms with Gasteiger partial charge < -0.3 is 4.90 Å². The molecule has 7 rings (SSSR count). The lowest BCUT2D eigenvalue weighted by Gasteiger charge is -2.26. The smallest absolute Gasteiger partial charge is 0.0488 e. The second-order valence-electron chi connectivity index (χ2n) is 9.82. The Morgan fingerprint density at radius 1 is 0.436 bits per heavy atom. The molecule has 0 spiro atoms. The number of rotatable bonds is 5. The molecule has 0 saturated heterocycles. The summed E-state index contributed by atoms with van der Waals surface area (Å²) in [5.41, 5.74) is 9.75. The van der Waals surface area contributed by atoms with Gasteiger partial charge in [-0.3, -0.25) is 0 Å². The largest absolute Gasteiger partial charge is 0.344 e. The molecule has 1 aromatic heterocycles. The molecule has 0 aliphatic rings. The van der Waals surface area contributed by atoms with Crippen molar-refractivity contribution < 1.29 is 0 Å². The Bertz CT molecular complexity index is 1920. The van der Waals surface area contributed by atoms with E-state index in [-0.39, 0.29) is 0 Å². The van der Waals surface area contributed by atoms with Crippen LogP contribution in [0.5, 0.6) is 0 Å². The molecule has 7 aromatic rings. The lowest BCUT2D eigenvalue weighted by molar-refractivity contribution is 1.21. The molecule has 0 fully saturated rings. The topological polar surface area (TPSA) is 3.24 Å². The lowest BCUT2D eigenvalue weighted by atomic mass is 9.95. The Balaban J connectivity index is 1.47. The summed E-state index contributed by atoms with van der Waals surface area (Å²) in [6.45, 7) is 0. The number of anilines is 2. The number of hydrogen-bond acceptors (Lipinski definition) is 2. The van der Waals surface area contributed by atoms with Crippen LogP contribution in [0.15, 0.2) is 146 Å². The van der Waals surface area contributed by atoms with Crippen LogP contribution in [0.2, 0.25) is 0 Å². The molecule has 2 heteroatoms. The van der Waals surface area contributed by atoms with E-state index in [0.29, 0.717) is 0 Å². The van der Waals surface area contributed by atoms with Gasteiger partial charge in [0.1, 0.15) is 0 Å². The molecular formula is C37H27NS. The number of thiophene rings is 1. The summed E-state index contributed by atoms with van der Waals surface area (Å²) in [5, 5.41) is 2.64. The summed E-state index contributed by atoms with van der Waals surface area (Å²) >= 11 is 1.88. The highest BCUT2D eigenvalue weighted by Crippen LogP contribution is 2.45. The molecule has 1 heterocycles. The number of para-hydroxylation sites is 1. The van der Waals surface area contributed by atoms with Gasteiger partial charge in [0, 0.05) is 55.3 Å². The number of hydrogen-bond donors (Lipinski definition) is 0. The van der Waals surface area contributed by atoms with E-state index in [1.54, 1.807) is 0 Å². The highest BCUT2D eigenvalue weighted by Gasteiger charge is 2.18. The summed E-state index contributed by atoms with van der Waals surface area (Å²) in [5.74, 6) is 0. The maximum atomic E-state index is 2.37. The first kappa shape index (κ1) is 23.5. The molecule has 0 unspecified atom stereocenters. The fourth-order valence-electron chi connectivity index (χ4n) is 5.57. The van der Waals surface area contributed by atoms with E-state index in [2.05, 4.69) is 158 Å². The molecule has 0 aliphatic carbocycles. The van der Waals surface area contributed by atoms with Gasteiger partial charge in [-0.1, -0.05) is 121 Å². The molecule has 0 atom stereocenters. The Hall–Kier alpha value is -4.66. The standard InChI is InChI=1S/C37H27NS/c1-38(34-21-10-8-17-29(34)27-15-6-3-7-16-27)35-24-23-28(26-13-4-2-5-14-26)25-33(35)32-20-12-19-31-30-18-9-11-22-36(30)39-37(31)32/h2-25H,1H3. The quantitative estimate of drug-likeness (QED) is 0.219. The van der Waals surface area contributed by atoms with E-state index in [0.717, 1.165) is 0 Å². The number of nitrogens with zero attached hydrogens (tertiary/aromatic N) is 1. The van der Waals surface area contributed by atoms with Crippen LogP contribution >= 0.6 is 11.3 Å². The summed E-state index contributed by atoms with van der Waals surface area (Å²) in [7, 11) is 2.19. The van der Waals surface area contributed by atoms with Crippen molar-refractivity contribution in [1.29, 1.82) is 0 Å². The van der Waals surface area contributed by atoms with E-state index in [9.17, 15) is 0 Å². The normalized spacial score (nSPS) is 11.2. The second kappa shape index (κ2) is 9.90. The van der Waals surface area contributed by atoms with Crippen molar-refractivity contribution in [2.45, 2.75) is 0 Å². The Morgan fingerprint density at radius 2 is 1.05 bits per heavy atom. The molecular weight excluding hydrogens is 490 g/mol. The zero-order chi connectivity index (χ0) is 26.2. The van der Waals surface area contributed by atoms with Gasteiger partial charge in [-0.25, -0.2) is 0 Å². The monoisotopic (exact) mass is 517 g/mol. The minimum absolute atomic E-state index is 1.18. The minimum atomic E-state index is 1.18. The third kappa shape index (κ3) is 4.20. The van der Waals surface area contributed by atoms with Crippen molar-refractivity contribution in [2.24, 2.45) is 0 Å². The molecule has 0 N–H and O–H groups in total. The van der Waals surface area contributed by atoms with Gasteiger partial charge in [0.15, 0.2) is 0 Å². The molecule has 39 heavy (non-hydrogen) atoms.